The van der Waals surface area contributed by atoms with Gasteiger partial charge in [0, 0.05) is 23.5 Å². The van der Waals surface area contributed by atoms with Gasteiger partial charge in [0.2, 0.25) is 0 Å². The van der Waals surface area contributed by atoms with Crippen molar-refractivity contribution in [2.24, 2.45) is 0 Å². The molecular weight excluding hydrogens is 196 g/mol. The molecule has 0 saturated carbocycles. The summed E-state index contributed by atoms with van der Waals surface area (Å²) in [6, 6.07) is 4.21. The van der Waals surface area contributed by atoms with Crippen LogP contribution in [-0.4, -0.2) is 9.97 Å². The zero-order valence-corrected chi connectivity index (χ0v) is 10.4. The fourth-order valence-corrected chi connectivity index (χ4v) is 1.97. The molecule has 0 saturated heterocycles. The highest BCUT2D eigenvalue weighted by atomic mass is 14.7. The van der Waals surface area contributed by atoms with Gasteiger partial charge in [-0.3, -0.25) is 9.97 Å². The normalized spacial score (nSPS) is 11.6. The first-order valence-electron chi connectivity index (χ1n) is 5.84. The molecule has 84 valence electrons. The quantitative estimate of drug-likeness (QED) is 0.758. The highest BCUT2D eigenvalue weighted by Gasteiger charge is 2.12. The molecule has 2 rings (SSSR count). The van der Waals surface area contributed by atoms with E-state index in [-0.39, 0.29) is 0 Å². The molecule has 2 heterocycles. The summed E-state index contributed by atoms with van der Waals surface area (Å²) in [6.45, 7) is 8.82. The zero-order chi connectivity index (χ0) is 11.7. The Morgan fingerprint density at radius 2 is 1.81 bits per heavy atom. The maximum Gasteiger partial charge on any atom is 0.0736 e. The van der Waals surface area contributed by atoms with Crippen molar-refractivity contribution in [3.63, 3.8) is 0 Å². The lowest BCUT2D eigenvalue weighted by molar-refractivity contribution is 0.764. The van der Waals surface area contributed by atoms with Gasteiger partial charge in [-0.25, -0.2) is 0 Å². The van der Waals surface area contributed by atoms with Crippen LogP contribution in [-0.2, 0) is 0 Å². The molecule has 0 radical (unpaired) electrons. The van der Waals surface area contributed by atoms with Gasteiger partial charge in [-0.15, -0.1) is 0 Å². The lowest BCUT2D eigenvalue weighted by atomic mass is 9.94. The maximum absolute atomic E-state index is 4.76. The summed E-state index contributed by atoms with van der Waals surface area (Å²) in [5.41, 5.74) is 3.60. The van der Waals surface area contributed by atoms with Gasteiger partial charge in [-0.2, -0.15) is 0 Å². The topological polar surface area (TPSA) is 25.8 Å². The molecule has 0 aliphatic carbocycles. The molecule has 0 N–H and O–H groups in total. The second-order valence-electron chi connectivity index (χ2n) is 4.84. The fraction of sp³-hybridized carbons (Fsp3) is 0.429. The van der Waals surface area contributed by atoms with Gasteiger partial charge >= 0.3 is 0 Å². The first-order valence-corrected chi connectivity index (χ1v) is 5.84. The van der Waals surface area contributed by atoms with E-state index >= 15 is 0 Å². The highest BCUT2D eigenvalue weighted by molar-refractivity contribution is 5.78. The third kappa shape index (κ3) is 1.92. The largest absolute Gasteiger partial charge is 0.264 e. The van der Waals surface area contributed by atoms with E-state index in [0.29, 0.717) is 11.8 Å². The second-order valence-corrected chi connectivity index (χ2v) is 4.84. The Morgan fingerprint density at radius 1 is 1.06 bits per heavy atom. The molecule has 0 aromatic carbocycles. The van der Waals surface area contributed by atoms with Crippen LogP contribution in [0.15, 0.2) is 24.5 Å². The minimum absolute atomic E-state index is 0.468. The van der Waals surface area contributed by atoms with Crippen molar-refractivity contribution in [1.82, 2.24) is 9.97 Å². The summed E-state index contributed by atoms with van der Waals surface area (Å²) in [5.74, 6) is 0.976. The van der Waals surface area contributed by atoms with Crippen LogP contribution in [0, 0.1) is 0 Å². The summed E-state index contributed by atoms with van der Waals surface area (Å²) in [7, 11) is 0. The van der Waals surface area contributed by atoms with Crippen molar-refractivity contribution >= 4 is 10.9 Å². The molecule has 0 unspecified atom stereocenters. The predicted octanol–water partition coefficient (Wildman–Crippen LogP) is 3.88. The van der Waals surface area contributed by atoms with E-state index < -0.39 is 0 Å². The van der Waals surface area contributed by atoms with E-state index in [1.165, 1.54) is 11.3 Å². The molecule has 2 aromatic heterocycles. The monoisotopic (exact) mass is 214 g/mol. The second kappa shape index (κ2) is 4.20. The molecule has 0 spiro atoms. The molecule has 2 nitrogen and oxygen atoms in total. The smallest absolute Gasteiger partial charge is 0.0736 e. The van der Waals surface area contributed by atoms with Crippen LogP contribution >= 0.6 is 0 Å². The Morgan fingerprint density at radius 3 is 2.44 bits per heavy atom. The van der Waals surface area contributed by atoms with Crippen LogP contribution in [0.2, 0.25) is 0 Å². The number of aromatic nitrogens is 2. The van der Waals surface area contributed by atoms with Crippen molar-refractivity contribution in [3.05, 3.63) is 35.8 Å². The third-order valence-electron chi connectivity index (χ3n) is 2.84. The van der Waals surface area contributed by atoms with Crippen LogP contribution in [0.1, 0.15) is 50.8 Å². The Balaban J connectivity index is 2.71. The number of nitrogens with zero attached hydrogens (tertiary/aromatic N) is 2. The third-order valence-corrected chi connectivity index (χ3v) is 2.84. The van der Waals surface area contributed by atoms with E-state index in [4.69, 9.17) is 4.98 Å². The van der Waals surface area contributed by atoms with E-state index in [1.54, 1.807) is 6.20 Å². The lowest BCUT2D eigenvalue weighted by Gasteiger charge is -2.15. The SMILES string of the molecule is CC(C)c1cc2cnccc2nc1C(C)C. The Kier molecular flexibility index (Phi) is 2.90. The first kappa shape index (κ1) is 11.1. The van der Waals surface area contributed by atoms with Crippen LogP contribution in [0.4, 0.5) is 0 Å². The molecule has 0 fully saturated rings. The van der Waals surface area contributed by atoms with Crippen molar-refractivity contribution in [2.75, 3.05) is 0 Å². The number of rotatable bonds is 2. The van der Waals surface area contributed by atoms with Crippen LogP contribution in [0.3, 0.4) is 0 Å². The van der Waals surface area contributed by atoms with Crippen LogP contribution < -0.4 is 0 Å². The van der Waals surface area contributed by atoms with Gasteiger partial charge in [0.05, 0.1) is 5.52 Å². The van der Waals surface area contributed by atoms with E-state index in [9.17, 15) is 0 Å². The van der Waals surface area contributed by atoms with Gasteiger partial charge < -0.3 is 0 Å². The van der Waals surface area contributed by atoms with Gasteiger partial charge in [0.15, 0.2) is 0 Å². The lowest BCUT2D eigenvalue weighted by Crippen LogP contribution is -2.02. The average molecular weight is 214 g/mol. The molecule has 0 aliphatic rings. The minimum atomic E-state index is 0.468. The van der Waals surface area contributed by atoms with E-state index in [0.717, 1.165) is 10.9 Å². The molecular formula is C14H18N2. The number of fused-ring (bicyclic) bond motifs is 1. The van der Waals surface area contributed by atoms with Gasteiger partial charge in [0.25, 0.3) is 0 Å². The summed E-state index contributed by atoms with van der Waals surface area (Å²) in [4.78, 5) is 8.90. The number of pyridine rings is 2. The van der Waals surface area contributed by atoms with Crippen molar-refractivity contribution in [2.45, 2.75) is 39.5 Å². The minimum Gasteiger partial charge on any atom is -0.264 e. The summed E-state index contributed by atoms with van der Waals surface area (Å²) >= 11 is 0. The molecule has 0 amide bonds. The Bertz CT molecular complexity index is 455. The summed E-state index contributed by atoms with van der Waals surface area (Å²) in [5, 5.41) is 1.13. The molecule has 2 aromatic rings. The molecule has 16 heavy (non-hydrogen) atoms. The maximum atomic E-state index is 4.76. The van der Waals surface area contributed by atoms with Crippen molar-refractivity contribution in [1.29, 1.82) is 0 Å². The fourth-order valence-electron chi connectivity index (χ4n) is 1.97. The number of hydrogen-bond acceptors (Lipinski definition) is 2. The molecule has 0 atom stereocenters. The van der Waals surface area contributed by atoms with Gasteiger partial charge in [-0.05, 0) is 29.5 Å². The van der Waals surface area contributed by atoms with Crippen LogP contribution in [0.5, 0.6) is 0 Å². The molecule has 2 heteroatoms. The van der Waals surface area contributed by atoms with E-state index in [2.05, 4.69) is 38.7 Å². The first-order chi connectivity index (χ1) is 7.59. The summed E-state index contributed by atoms with van der Waals surface area (Å²) < 4.78 is 0. The molecule has 0 bridgehead atoms. The average Bonchev–Trinajstić information content (AvgIpc) is 2.27. The standard InChI is InChI=1S/C14H18N2/c1-9(2)12-7-11-8-15-6-5-13(11)16-14(12)10(3)4/h5-10H,1-4H3. The van der Waals surface area contributed by atoms with Gasteiger partial charge in [-0.1, -0.05) is 27.7 Å². The van der Waals surface area contributed by atoms with Crippen molar-refractivity contribution in [3.8, 4) is 0 Å². The number of hydrogen-bond donors (Lipinski definition) is 0. The Labute approximate surface area is 96.7 Å². The van der Waals surface area contributed by atoms with Crippen molar-refractivity contribution < 1.29 is 0 Å². The highest BCUT2D eigenvalue weighted by Crippen LogP contribution is 2.27. The van der Waals surface area contributed by atoms with Crippen LogP contribution in [0.25, 0.3) is 10.9 Å². The summed E-state index contributed by atoms with van der Waals surface area (Å²) in [6.07, 6.45) is 3.69. The zero-order valence-electron chi connectivity index (χ0n) is 10.4. The van der Waals surface area contributed by atoms with E-state index in [1.807, 2.05) is 12.3 Å². The Hall–Kier alpha value is -1.44. The van der Waals surface area contributed by atoms with Gasteiger partial charge in [0.1, 0.15) is 0 Å². The predicted molar refractivity (Wildman–Crippen MR) is 67.7 cm³/mol. The molecule has 0 aliphatic heterocycles.